The molecule has 0 bridgehead atoms. The summed E-state index contributed by atoms with van der Waals surface area (Å²) in [5.74, 6) is 0.818. The molecule has 0 aromatic heterocycles. The molecule has 0 fully saturated rings. The molecule has 0 amide bonds. The van der Waals surface area contributed by atoms with Crippen molar-refractivity contribution in [3.8, 4) is 0 Å². The van der Waals surface area contributed by atoms with Crippen molar-refractivity contribution in [1.82, 2.24) is 0 Å². The van der Waals surface area contributed by atoms with Crippen LogP contribution < -0.4 is 0 Å². The molecule has 0 aliphatic heterocycles. The van der Waals surface area contributed by atoms with E-state index < -0.39 is 0 Å². The first kappa shape index (κ1) is 11.4. The monoisotopic (exact) mass is 168 g/mol. The minimum atomic E-state index is -0.263. The second kappa shape index (κ2) is 6.01. The second-order valence-electron chi connectivity index (χ2n) is 3.52. The molecule has 0 spiro atoms. The number of allylic oxidation sites excluding steroid dienone is 1. The number of aliphatic hydroxyl groups excluding tert-OH is 1. The van der Waals surface area contributed by atoms with Crippen molar-refractivity contribution >= 4 is 0 Å². The zero-order valence-electron chi connectivity index (χ0n) is 8.16. The summed E-state index contributed by atoms with van der Waals surface area (Å²) in [7, 11) is 0. The summed E-state index contributed by atoms with van der Waals surface area (Å²) in [6.07, 6.45) is 4.93. The Bertz CT molecular complexity index is 138. The quantitative estimate of drug-likeness (QED) is 0.605. The molecule has 2 atom stereocenters. The Morgan fingerprint density at radius 1 is 1.17 bits per heavy atom. The van der Waals surface area contributed by atoms with Gasteiger partial charge in [0.25, 0.3) is 0 Å². The van der Waals surface area contributed by atoms with Gasteiger partial charge in [-0.3, -0.25) is 0 Å². The van der Waals surface area contributed by atoms with Crippen LogP contribution in [0.3, 0.4) is 0 Å². The molecule has 1 heteroatoms. The first-order valence-corrected chi connectivity index (χ1v) is 4.53. The SMILES string of the molecule is C=CCC(C(C)C)[C@H](O)CC=C. The van der Waals surface area contributed by atoms with E-state index >= 15 is 0 Å². The van der Waals surface area contributed by atoms with Crippen LogP contribution in [0.4, 0.5) is 0 Å². The molecule has 0 saturated heterocycles. The lowest BCUT2D eigenvalue weighted by atomic mass is 9.86. The lowest BCUT2D eigenvalue weighted by Crippen LogP contribution is -2.24. The molecule has 1 unspecified atom stereocenters. The predicted octanol–water partition coefficient (Wildman–Crippen LogP) is 2.77. The van der Waals surface area contributed by atoms with E-state index in [0.717, 1.165) is 6.42 Å². The second-order valence-corrected chi connectivity index (χ2v) is 3.52. The summed E-state index contributed by atoms with van der Waals surface area (Å²) in [6, 6.07) is 0. The number of aliphatic hydroxyl groups is 1. The van der Waals surface area contributed by atoms with Gasteiger partial charge in [-0.25, -0.2) is 0 Å². The highest BCUT2D eigenvalue weighted by Crippen LogP contribution is 2.21. The first-order valence-electron chi connectivity index (χ1n) is 4.53. The third-order valence-electron chi connectivity index (χ3n) is 2.20. The minimum Gasteiger partial charge on any atom is -0.392 e. The van der Waals surface area contributed by atoms with Crippen molar-refractivity contribution in [3.63, 3.8) is 0 Å². The van der Waals surface area contributed by atoms with E-state index in [9.17, 15) is 5.11 Å². The lowest BCUT2D eigenvalue weighted by Gasteiger charge is -2.24. The van der Waals surface area contributed by atoms with Crippen molar-refractivity contribution in [3.05, 3.63) is 25.3 Å². The van der Waals surface area contributed by atoms with Crippen LogP contribution in [-0.4, -0.2) is 11.2 Å². The minimum absolute atomic E-state index is 0.263. The molecule has 1 nitrogen and oxygen atoms in total. The Kier molecular flexibility index (Phi) is 5.73. The molecule has 0 saturated carbocycles. The normalized spacial score (nSPS) is 15.7. The van der Waals surface area contributed by atoms with Crippen LogP contribution in [0.25, 0.3) is 0 Å². The molecule has 0 radical (unpaired) electrons. The van der Waals surface area contributed by atoms with E-state index in [-0.39, 0.29) is 6.10 Å². The number of rotatable bonds is 6. The van der Waals surface area contributed by atoms with E-state index in [2.05, 4.69) is 27.0 Å². The largest absolute Gasteiger partial charge is 0.392 e. The van der Waals surface area contributed by atoms with Gasteiger partial charge in [0.15, 0.2) is 0 Å². The zero-order chi connectivity index (χ0) is 9.56. The Morgan fingerprint density at radius 2 is 1.67 bits per heavy atom. The third kappa shape index (κ3) is 3.72. The van der Waals surface area contributed by atoms with Crippen LogP contribution in [0.2, 0.25) is 0 Å². The van der Waals surface area contributed by atoms with Crippen LogP contribution in [-0.2, 0) is 0 Å². The molecule has 0 rings (SSSR count). The molecular formula is C11H20O. The Hall–Kier alpha value is -0.560. The zero-order valence-corrected chi connectivity index (χ0v) is 8.16. The highest BCUT2D eigenvalue weighted by Gasteiger charge is 2.19. The molecule has 70 valence electrons. The van der Waals surface area contributed by atoms with Crippen LogP contribution in [0.15, 0.2) is 25.3 Å². The summed E-state index contributed by atoms with van der Waals surface area (Å²) in [5, 5.41) is 9.69. The maximum Gasteiger partial charge on any atom is 0.0608 e. The van der Waals surface area contributed by atoms with E-state index in [0.29, 0.717) is 18.3 Å². The van der Waals surface area contributed by atoms with Crippen LogP contribution >= 0.6 is 0 Å². The van der Waals surface area contributed by atoms with Crippen molar-refractivity contribution in [2.24, 2.45) is 11.8 Å². The maximum absolute atomic E-state index is 9.69. The number of hydrogen-bond donors (Lipinski definition) is 1. The van der Waals surface area contributed by atoms with Crippen molar-refractivity contribution < 1.29 is 5.11 Å². The fraction of sp³-hybridized carbons (Fsp3) is 0.636. The van der Waals surface area contributed by atoms with Gasteiger partial charge in [-0.05, 0) is 24.7 Å². The first-order chi connectivity index (χ1) is 5.63. The van der Waals surface area contributed by atoms with Crippen molar-refractivity contribution in [2.75, 3.05) is 0 Å². The van der Waals surface area contributed by atoms with Crippen LogP contribution in [0.5, 0.6) is 0 Å². The van der Waals surface area contributed by atoms with Gasteiger partial charge in [-0.1, -0.05) is 26.0 Å². The van der Waals surface area contributed by atoms with Gasteiger partial charge in [0, 0.05) is 0 Å². The number of hydrogen-bond acceptors (Lipinski definition) is 1. The molecule has 0 aromatic carbocycles. The topological polar surface area (TPSA) is 20.2 Å². The molecule has 0 aliphatic carbocycles. The molecule has 1 N–H and O–H groups in total. The van der Waals surface area contributed by atoms with E-state index in [1.54, 1.807) is 6.08 Å². The summed E-state index contributed by atoms with van der Waals surface area (Å²) in [5.41, 5.74) is 0. The lowest BCUT2D eigenvalue weighted by molar-refractivity contribution is 0.0855. The third-order valence-corrected chi connectivity index (χ3v) is 2.20. The molecular weight excluding hydrogens is 148 g/mol. The predicted molar refractivity (Wildman–Crippen MR) is 54.0 cm³/mol. The summed E-state index contributed by atoms with van der Waals surface area (Å²) < 4.78 is 0. The highest BCUT2D eigenvalue weighted by molar-refractivity contribution is 4.84. The summed E-state index contributed by atoms with van der Waals surface area (Å²) >= 11 is 0. The van der Waals surface area contributed by atoms with Crippen LogP contribution in [0.1, 0.15) is 26.7 Å². The van der Waals surface area contributed by atoms with Gasteiger partial charge >= 0.3 is 0 Å². The van der Waals surface area contributed by atoms with Crippen molar-refractivity contribution in [2.45, 2.75) is 32.8 Å². The Balaban J connectivity index is 4.07. The van der Waals surface area contributed by atoms with Gasteiger partial charge < -0.3 is 5.11 Å². The Labute approximate surface area is 75.8 Å². The van der Waals surface area contributed by atoms with Gasteiger partial charge in [-0.2, -0.15) is 0 Å². The maximum atomic E-state index is 9.69. The fourth-order valence-corrected chi connectivity index (χ4v) is 1.41. The summed E-state index contributed by atoms with van der Waals surface area (Å²) in [6.45, 7) is 11.6. The van der Waals surface area contributed by atoms with E-state index in [4.69, 9.17) is 0 Å². The van der Waals surface area contributed by atoms with Crippen LogP contribution in [0, 0.1) is 11.8 Å². The van der Waals surface area contributed by atoms with Crippen molar-refractivity contribution in [1.29, 1.82) is 0 Å². The van der Waals surface area contributed by atoms with E-state index in [1.807, 2.05) is 6.08 Å². The average molecular weight is 168 g/mol. The molecule has 0 aromatic rings. The van der Waals surface area contributed by atoms with Gasteiger partial charge in [0.05, 0.1) is 6.10 Å². The standard InChI is InChI=1S/C11H20O/c1-5-7-10(9(3)4)11(12)8-6-2/h5-6,9-12H,1-2,7-8H2,3-4H3/t10?,11-/m1/s1. The average Bonchev–Trinajstić information content (AvgIpc) is 1.99. The Morgan fingerprint density at radius 3 is 2.00 bits per heavy atom. The fourth-order valence-electron chi connectivity index (χ4n) is 1.41. The molecule has 0 aliphatic rings. The van der Waals surface area contributed by atoms with Gasteiger partial charge in [0.2, 0.25) is 0 Å². The molecule has 12 heavy (non-hydrogen) atoms. The molecule has 0 heterocycles. The van der Waals surface area contributed by atoms with E-state index in [1.165, 1.54) is 0 Å². The van der Waals surface area contributed by atoms with Gasteiger partial charge in [-0.15, -0.1) is 13.2 Å². The van der Waals surface area contributed by atoms with Gasteiger partial charge in [0.1, 0.15) is 0 Å². The highest BCUT2D eigenvalue weighted by atomic mass is 16.3. The summed E-state index contributed by atoms with van der Waals surface area (Å²) in [4.78, 5) is 0. The smallest absolute Gasteiger partial charge is 0.0608 e.